The number of nitrogens with zero attached hydrogens (tertiary/aromatic N) is 2. The Morgan fingerprint density at radius 2 is 2.15 bits per heavy atom. The minimum atomic E-state index is -0.564. The highest BCUT2D eigenvalue weighted by Gasteiger charge is 2.41. The van der Waals surface area contributed by atoms with Crippen LogP contribution in [-0.4, -0.2) is 45.6 Å². The van der Waals surface area contributed by atoms with Crippen LogP contribution >= 0.6 is 0 Å². The summed E-state index contributed by atoms with van der Waals surface area (Å²) in [4.78, 5) is 32.1. The van der Waals surface area contributed by atoms with E-state index in [0.29, 0.717) is 6.54 Å². The van der Waals surface area contributed by atoms with Crippen molar-refractivity contribution in [2.45, 2.75) is 32.3 Å². The van der Waals surface area contributed by atoms with Crippen molar-refractivity contribution in [1.82, 2.24) is 14.9 Å². The predicted octanol–water partition coefficient (Wildman–Crippen LogP) is 0.845. The molecule has 2 amide bonds. The van der Waals surface area contributed by atoms with Crippen molar-refractivity contribution in [1.29, 1.82) is 0 Å². The third-order valence-electron chi connectivity index (χ3n) is 3.26. The van der Waals surface area contributed by atoms with Gasteiger partial charge in [0, 0.05) is 30.9 Å². The third-order valence-corrected chi connectivity index (χ3v) is 3.26. The van der Waals surface area contributed by atoms with Crippen molar-refractivity contribution in [2.24, 2.45) is 11.7 Å². The maximum atomic E-state index is 12.1. The maximum Gasteiger partial charge on any atom is 0.410 e. The number of nitrogens with one attached hydrogen (secondary N) is 1. The van der Waals surface area contributed by atoms with Gasteiger partial charge in [0.1, 0.15) is 5.60 Å². The van der Waals surface area contributed by atoms with E-state index in [0.717, 1.165) is 5.69 Å². The first-order chi connectivity index (χ1) is 9.28. The summed E-state index contributed by atoms with van der Waals surface area (Å²) in [6.45, 7) is 6.08. The van der Waals surface area contributed by atoms with Gasteiger partial charge in [-0.1, -0.05) is 0 Å². The van der Waals surface area contributed by atoms with Gasteiger partial charge >= 0.3 is 6.09 Å². The van der Waals surface area contributed by atoms with Gasteiger partial charge < -0.3 is 20.4 Å². The van der Waals surface area contributed by atoms with Crippen molar-refractivity contribution < 1.29 is 14.3 Å². The molecule has 1 aromatic heterocycles. The Kier molecular flexibility index (Phi) is 3.69. The molecule has 1 aliphatic heterocycles. The molecule has 0 aromatic carbocycles. The van der Waals surface area contributed by atoms with E-state index in [9.17, 15) is 9.59 Å². The highest BCUT2D eigenvalue weighted by atomic mass is 16.6. The number of carbonyl (C=O) groups is 2. The van der Waals surface area contributed by atoms with Crippen molar-refractivity contribution in [2.75, 3.05) is 13.1 Å². The summed E-state index contributed by atoms with van der Waals surface area (Å²) in [5, 5.41) is 0. The Morgan fingerprint density at radius 3 is 2.65 bits per heavy atom. The third kappa shape index (κ3) is 3.09. The lowest BCUT2D eigenvalue weighted by Crippen LogP contribution is -2.36. The number of amides is 2. The number of rotatable bonds is 2. The summed E-state index contributed by atoms with van der Waals surface area (Å²) in [6, 6.07) is 0. The number of imidazole rings is 1. The quantitative estimate of drug-likeness (QED) is 0.838. The molecule has 7 heteroatoms. The van der Waals surface area contributed by atoms with Gasteiger partial charge in [0.2, 0.25) is 5.91 Å². The number of H-pyrrole nitrogens is 1. The molecule has 1 aromatic rings. The molecule has 7 nitrogen and oxygen atoms in total. The van der Waals surface area contributed by atoms with Gasteiger partial charge in [-0.3, -0.25) is 4.79 Å². The number of hydrogen-bond acceptors (Lipinski definition) is 4. The summed E-state index contributed by atoms with van der Waals surface area (Å²) in [5.74, 6) is -1.01. The number of aromatic amines is 1. The van der Waals surface area contributed by atoms with E-state index < -0.39 is 23.5 Å². The van der Waals surface area contributed by atoms with Crippen LogP contribution in [0.1, 0.15) is 32.4 Å². The number of aromatic nitrogens is 2. The average Bonchev–Trinajstić information content (AvgIpc) is 2.95. The molecule has 0 aliphatic carbocycles. The van der Waals surface area contributed by atoms with Gasteiger partial charge in [-0.05, 0) is 20.8 Å². The second-order valence-corrected chi connectivity index (χ2v) is 6.01. The second kappa shape index (κ2) is 5.15. The SMILES string of the molecule is CC(C)(C)OC(=O)N1C[C@H](C(N)=O)[C@@H](c2cnc[nH]2)C1. The fourth-order valence-electron chi connectivity index (χ4n) is 2.35. The molecule has 2 rings (SSSR count). The number of ether oxygens (including phenoxy) is 1. The fourth-order valence-corrected chi connectivity index (χ4v) is 2.35. The number of primary amides is 1. The lowest BCUT2D eigenvalue weighted by molar-refractivity contribution is -0.121. The monoisotopic (exact) mass is 280 g/mol. The van der Waals surface area contributed by atoms with Gasteiger partial charge in [0.05, 0.1) is 12.2 Å². The Balaban J connectivity index is 2.12. The first kappa shape index (κ1) is 14.4. The van der Waals surface area contributed by atoms with E-state index in [4.69, 9.17) is 10.5 Å². The van der Waals surface area contributed by atoms with Crippen LogP contribution in [0.15, 0.2) is 12.5 Å². The normalized spacial score (nSPS) is 22.9. The molecule has 2 heterocycles. The summed E-state index contributed by atoms with van der Waals surface area (Å²) in [6.07, 6.45) is 2.77. The predicted molar refractivity (Wildman–Crippen MR) is 71.8 cm³/mol. The molecule has 0 unspecified atom stereocenters. The number of carbonyl (C=O) groups excluding carboxylic acids is 2. The number of hydrogen-bond donors (Lipinski definition) is 2. The summed E-state index contributed by atoms with van der Waals surface area (Å²) < 4.78 is 5.32. The van der Waals surface area contributed by atoms with Crippen LogP contribution in [0.2, 0.25) is 0 Å². The fraction of sp³-hybridized carbons (Fsp3) is 0.615. The molecule has 1 aliphatic rings. The smallest absolute Gasteiger partial charge is 0.410 e. The van der Waals surface area contributed by atoms with E-state index >= 15 is 0 Å². The zero-order chi connectivity index (χ0) is 14.9. The van der Waals surface area contributed by atoms with E-state index in [1.807, 2.05) is 0 Å². The van der Waals surface area contributed by atoms with Crippen molar-refractivity contribution in [3.05, 3.63) is 18.2 Å². The van der Waals surface area contributed by atoms with Crippen LogP contribution in [0.4, 0.5) is 4.79 Å². The highest BCUT2D eigenvalue weighted by Crippen LogP contribution is 2.32. The largest absolute Gasteiger partial charge is 0.444 e. The van der Waals surface area contributed by atoms with Crippen molar-refractivity contribution in [3.63, 3.8) is 0 Å². The van der Waals surface area contributed by atoms with Gasteiger partial charge in [0.25, 0.3) is 0 Å². The minimum absolute atomic E-state index is 0.164. The second-order valence-electron chi connectivity index (χ2n) is 6.01. The van der Waals surface area contributed by atoms with E-state index in [1.54, 1.807) is 33.3 Å². The topological polar surface area (TPSA) is 101 Å². The Hall–Kier alpha value is -2.05. The first-order valence-electron chi connectivity index (χ1n) is 6.53. The summed E-state index contributed by atoms with van der Waals surface area (Å²) in [7, 11) is 0. The average molecular weight is 280 g/mol. The van der Waals surface area contributed by atoms with Crippen LogP contribution in [0, 0.1) is 5.92 Å². The van der Waals surface area contributed by atoms with Crippen LogP contribution in [0.3, 0.4) is 0 Å². The van der Waals surface area contributed by atoms with Crippen LogP contribution in [0.25, 0.3) is 0 Å². The molecule has 0 bridgehead atoms. The molecule has 1 fully saturated rings. The lowest BCUT2D eigenvalue weighted by atomic mass is 9.93. The molecule has 20 heavy (non-hydrogen) atoms. The molecule has 2 atom stereocenters. The van der Waals surface area contributed by atoms with Crippen molar-refractivity contribution in [3.8, 4) is 0 Å². The number of likely N-dealkylation sites (tertiary alicyclic amines) is 1. The molecule has 110 valence electrons. The molecular formula is C13H20N4O3. The van der Waals surface area contributed by atoms with Gasteiger partial charge in [-0.25, -0.2) is 9.78 Å². The Morgan fingerprint density at radius 1 is 1.45 bits per heavy atom. The van der Waals surface area contributed by atoms with Gasteiger partial charge in [0.15, 0.2) is 0 Å². The Labute approximate surface area is 117 Å². The molecule has 3 N–H and O–H groups in total. The summed E-state index contributed by atoms with van der Waals surface area (Å²) in [5.41, 5.74) is 5.67. The zero-order valence-electron chi connectivity index (χ0n) is 11.9. The standard InChI is InChI=1S/C13H20N4O3/c1-13(2,3)20-12(19)17-5-8(9(6-17)11(14)18)10-4-15-7-16-10/h4,7-9H,5-6H2,1-3H3,(H2,14,18)(H,15,16)/t8-,9-/m0/s1. The van der Waals surface area contributed by atoms with Crippen LogP contribution < -0.4 is 5.73 Å². The van der Waals surface area contributed by atoms with E-state index in [1.165, 1.54) is 4.90 Å². The van der Waals surface area contributed by atoms with Gasteiger partial charge in [-0.2, -0.15) is 0 Å². The minimum Gasteiger partial charge on any atom is -0.444 e. The first-order valence-corrected chi connectivity index (χ1v) is 6.53. The van der Waals surface area contributed by atoms with Crippen LogP contribution in [-0.2, 0) is 9.53 Å². The highest BCUT2D eigenvalue weighted by molar-refractivity contribution is 5.80. The van der Waals surface area contributed by atoms with E-state index in [-0.39, 0.29) is 12.5 Å². The lowest BCUT2D eigenvalue weighted by Gasteiger charge is -2.24. The molecule has 0 radical (unpaired) electrons. The molecule has 0 spiro atoms. The van der Waals surface area contributed by atoms with Crippen LogP contribution in [0.5, 0.6) is 0 Å². The zero-order valence-corrected chi connectivity index (χ0v) is 11.9. The van der Waals surface area contributed by atoms with Crippen molar-refractivity contribution >= 4 is 12.0 Å². The van der Waals surface area contributed by atoms with E-state index in [2.05, 4.69) is 9.97 Å². The Bertz CT molecular complexity index is 492. The molecular weight excluding hydrogens is 260 g/mol. The molecule has 0 saturated carbocycles. The summed E-state index contributed by atoms with van der Waals surface area (Å²) >= 11 is 0. The maximum absolute atomic E-state index is 12.1. The molecule has 1 saturated heterocycles. The van der Waals surface area contributed by atoms with Gasteiger partial charge in [-0.15, -0.1) is 0 Å². The number of nitrogens with two attached hydrogens (primary N) is 1.